The van der Waals surface area contributed by atoms with Gasteiger partial charge in [0.05, 0.1) is 17.3 Å². The van der Waals surface area contributed by atoms with E-state index in [2.05, 4.69) is 21.2 Å². The molecule has 5 heteroatoms. The predicted octanol–water partition coefficient (Wildman–Crippen LogP) is 3.91. The summed E-state index contributed by atoms with van der Waals surface area (Å²) in [6.07, 6.45) is -0.250. The van der Waals surface area contributed by atoms with E-state index in [9.17, 15) is 0 Å². The Bertz CT molecular complexity index is 343. The molecule has 0 spiro atoms. The maximum absolute atomic E-state index is 6.07. The van der Waals surface area contributed by atoms with Crippen LogP contribution in [0.3, 0.4) is 0 Å². The summed E-state index contributed by atoms with van der Waals surface area (Å²) in [5, 5.41) is 3.89. The molecule has 17 heavy (non-hydrogen) atoms. The molecular formula is C12H17BrClNO2. The van der Waals surface area contributed by atoms with E-state index in [-0.39, 0.29) is 6.29 Å². The third kappa shape index (κ3) is 5.25. The summed E-state index contributed by atoms with van der Waals surface area (Å²) < 4.78 is 11.8. The molecular weight excluding hydrogens is 305 g/mol. The van der Waals surface area contributed by atoms with E-state index in [4.69, 9.17) is 21.1 Å². The zero-order chi connectivity index (χ0) is 12.7. The van der Waals surface area contributed by atoms with Gasteiger partial charge in [0, 0.05) is 17.7 Å². The van der Waals surface area contributed by atoms with Gasteiger partial charge in [0.1, 0.15) is 0 Å². The van der Waals surface area contributed by atoms with Crippen LogP contribution >= 0.6 is 27.5 Å². The van der Waals surface area contributed by atoms with Crippen LogP contribution < -0.4 is 5.32 Å². The first kappa shape index (κ1) is 14.8. The molecule has 0 heterocycles. The quantitative estimate of drug-likeness (QED) is 0.772. The Morgan fingerprint density at radius 2 is 1.94 bits per heavy atom. The van der Waals surface area contributed by atoms with Crippen molar-refractivity contribution in [3.63, 3.8) is 0 Å². The van der Waals surface area contributed by atoms with Crippen LogP contribution in [0.4, 0.5) is 5.69 Å². The minimum Gasteiger partial charge on any atom is -0.379 e. The molecule has 0 aromatic heterocycles. The molecule has 0 unspecified atom stereocenters. The fourth-order valence-electron chi connectivity index (χ4n) is 1.36. The number of benzene rings is 1. The second kappa shape index (κ2) is 7.93. The van der Waals surface area contributed by atoms with Gasteiger partial charge in [0.15, 0.2) is 6.29 Å². The van der Waals surface area contributed by atoms with Crippen molar-refractivity contribution in [1.29, 1.82) is 0 Å². The standard InChI is InChI=1S/C12H17BrClNO2/c1-3-16-12(17-4-2)8-15-11-7-9(13)5-6-10(11)14/h5-7,12,15H,3-4,8H2,1-2H3. The highest BCUT2D eigenvalue weighted by Crippen LogP contribution is 2.25. The summed E-state index contributed by atoms with van der Waals surface area (Å²) in [5.41, 5.74) is 0.866. The molecule has 1 aromatic rings. The number of anilines is 1. The van der Waals surface area contributed by atoms with Crippen molar-refractivity contribution in [2.24, 2.45) is 0 Å². The Hall–Kier alpha value is -0.290. The summed E-state index contributed by atoms with van der Waals surface area (Å²) in [5.74, 6) is 0. The molecule has 3 nitrogen and oxygen atoms in total. The number of hydrogen-bond donors (Lipinski definition) is 1. The summed E-state index contributed by atoms with van der Waals surface area (Å²) in [4.78, 5) is 0. The lowest BCUT2D eigenvalue weighted by Crippen LogP contribution is -2.26. The molecule has 0 aliphatic heterocycles. The van der Waals surface area contributed by atoms with E-state index in [1.807, 2.05) is 32.0 Å². The smallest absolute Gasteiger partial charge is 0.174 e. The van der Waals surface area contributed by atoms with Crippen LogP contribution in [0.5, 0.6) is 0 Å². The van der Waals surface area contributed by atoms with E-state index < -0.39 is 0 Å². The van der Waals surface area contributed by atoms with Crippen molar-refractivity contribution in [2.45, 2.75) is 20.1 Å². The summed E-state index contributed by atoms with van der Waals surface area (Å²) in [7, 11) is 0. The Morgan fingerprint density at radius 1 is 1.29 bits per heavy atom. The number of halogens is 2. The van der Waals surface area contributed by atoms with Crippen LogP contribution in [0.15, 0.2) is 22.7 Å². The highest BCUT2D eigenvalue weighted by atomic mass is 79.9. The molecule has 0 amide bonds. The Kier molecular flexibility index (Phi) is 6.89. The summed E-state index contributed by atoms with van der Waals surface area (Å²) >= 11 is 9.47. The van der Waals surface area contributed by atoms with Crippen molar-refractivity contribution < 1.29 is 9.47 Å². The second-order valence-electron chi connectivity index (χ2n) is 3.35. The highest BCUT2D eigenvalue weighted by molar-refractivity contribution is 9.10. The molecule has 0 bridgehead atoms. The van der Waals surface area contributed by atoms with Crippen LogP contribution in [-0.4, -0.2) is 26.0 Å². The van der Waals surface area contributed by atoms with Gasteiger partial charge in [-0.25, -0.2) is 0 Å². The monoisotopic (exact) mass is 321 g/mol. The van der Waals surface area contributed by atoms with Gasteiger partial charge in [-0.15, -0.1) is 0 Å². The Labute approximate surface area is 116 Å². The lowest BCUT2D eigenvalue weighted by molar-refractivity contribution is -0.126. The SMILES string of the molecule is CCOC(CNc1cc(Br)ccc1Cl)OCC. The van der Waals surface area contributed by atoms with Crippen LogP contribution in [0.2, 0.25) is 5.02 Å². The zero-order valence-corrected chi connectivity index (χ0v) is 12.3. The first-order valence-electron chi connectivity index (χ1n) is 5.59. The van der Waals surface area contributed by atoms with Crippen molar-refractivity contribution >= 4 is 33.2 Å². The fourth-order valence-corrected chi connectivity index (χ4v) is 1.91. The zero-order valence-electron chi connectivity index (χ0n) is 10.0. The van der Waals surface area contributed by atoms with Crippen molar-refractivity contribution in [3.8, 4) is 0 Å². The molecule has 1 N–H and O–H groups in total. The number of rotatable bonds is 7. The largest absolute Gasteiger partial charge is 0.379 e. The van der Waals surface area contributed by atoms with Crippen molar-refractivity contribution in [2.75, 3.05) is 25.1 Å². The first-order chi connectivity index (χ1) is 8.17. The number of hydrogen-bond acceptors (Lipinski definition) is 3. The van der Waals surface area contributed by atoms with Gasteiger partial charge in [0.25, 0.3) is 0 Å². The van der Waals surface area contributed by atoms with Gasteiger partial charge in [-0.1, -0.05) is 27.5 Å². The first-order valence-corrected chi connectivity index (χ1v) is 6.76. The maximum atomic E-state index is 6.07. The minimum absolute atomic E-state index is 0.250. The fraction of sp³-hybridized carbons (Fsp3) is 0.500. The summed E-state index contributed by atoms with van der Waals surface area (Å²) in [6, 6.07) is 5.66. The molecule has 0 aliphatic rings. The Balaban J connectivity index is 2.55. The van der Waals surface area contributed by atoms with E-state index in [1.54, 1.807) is 0 Å². The van der Waals surface area contributed by atoms with Gasteiger partial charge in [0.2, 0.25) is 0 Å². The molecule has 96 valence electrons. The molecule has 0 radical (unpaired) electrons. The van der Waals surface area contributed by atoms with Crippen LogP contribution in [0, 0.1) is 0 Å². The van der Waals surface area contributed by atoms with Crippen molar-refractivity contribution in [1.82, 2.24) is 0 Å². The average Bonchev–Trinajstić information content (AvgIpc) is 2.30. The minimum atomic E-state index is -0.250. The van der Waals surface area contributed by atoms with Gasteiger partial charge in [-0.05, 0) is 32.0 Å². The molecule has 1 aromatic carbocycles. The third-order valence-electron chi connectivity index (χ3n) is 2.09. The van der Waals surface area contributed by atoms with Crippen LogP contribution in [-0.2, 0) is 9.47 Å². The lowest BCUT2D eigenvalue weighted by Gasteiger charge is -2.18. The van der Waals surface area contributed by atoms with E-state index >= 15 is 0 Å². The lowest BCUT2D eigenvalue weighted by atomic mass is 10.3. The number of nitrogens with one attached hydrogen (secondary N) is 1. The van der Waals surface area contributed by atoms with Gasteiger partial charge < -0.3 is 14.8 Å². The molecule has 0 saturated heterocycles. The van der Waals surface area contributed by atoms with Gasteiger partial charge >= 0.3 is 0 Å². The molecule has 0 atom stereocenters. The summed E-state index contributed by atoms with van der Waals surface area (Å²) in [6.45, 7) is 5.70. The molecule has 0 saturated carbocycles. The van der Waals surface area contributed by atoms with Gasteiger partial charge in [-0.2, -0.15) is 0 Å². The average molecular weight is 323 g/mol. The molecule has 0 aliphatic carbocycles. The normalized spacial score (nSPS) is 10.9. The van der Waals surface area contributed by atoms with E-state index in [0.717, 1.165) is 10.2 Å². The van der Waals surface area contributed by atoms with Gasteiger partial charge in [-0.3, -0.25) is 0 Å². The van der Waals surface area contributed by atoms with Crippen molar-refractivity contribution in [3.05, 3.63) is 27.7 Å². The third-order valence-corrected chi connectivity index (χ3v) is 2.92. The molecule has 0 fully saturated rings. The molecule has 1 rings (SSSR count). The maximum Gasteiger partial charge on any atom is 0.174 e. The van der Waals surface area contributed by atoms with E-state index in [0.29, 0.717) is 24.8 Å². The predicted molar refractivity (Wildman–Crippen MR) is 74.7 cm³/mol. The van der Waals surface area contributed by atoms with Crippen LogP contribution in [0.25, 0.3) is 0 Å². The van der Waals surface area contributed by atoms with E-state index in [1.165, 1.54) is 0 Å². The Morgan fingerprint density at radius 3 is 2.53 bits per heavy atom. The second-order valence-corrected chi connectivity index (χ2v) is 4.67. The number of ether oxygens (including phenoxy) is 2. The topological polar surface area (TPSA) is 30.5 Å². The highest BCUT2D eigenvalue weighted by Gasteiger charge is 2.08. The van der Waals surface area contributed by atoms with Crippen LogP contribution in [0.1, 0.15) is 13.8 Å².